The average molecular weight is 438 g/mol. The van der Waals surface area contributed by atoms with Gasteiger partial charge in [-0.2, -0.15) is 4.99 Å². The highest BCUT2D eigenvalue weighted by Gasteiger charge is 2.37. The molecule has 0 fully saturated rings. The van der Waals surface area contributed by atoms with E-state index in [1.54, 1.807) is 7.05 Å². The van der Waals surface area contributed by atoms with Crippen molar-refractivity contribution in [1.82, 2.24) is 9.13 Å². The fourth-order valence-corrected chi connectivity index (χ4v) is 4.19. The Hall–Kier alpha value is -4.39. The Balaban J connectivity index is 1.84. The molecule has 0 spiro atoms. The highest BCUT2D eigenvalue weighted by atomic mass is 16.2. The Morgan fingerprint density at radius 2 is 1.33 bits per heavy atom. The number of hydrogen-bond donors (Lipinski definition) is 1. The van der Waals surface area contributed by atoms with Crippen molar-refractivity contribution in [3.63, 3.8) is 0 Å². The van der Waals surface area contributed by atoms with Gasteiger partial charge in [-0.15, -0.1) is 0 Å². The topological polar surface area (TPSA) is 71.6 Å². The number of guanidine groups is 1. The summed E-state index contributed by atoms with van der Waals surface area (Å²) in [5, 5.41) is 3.40. The van der Waals surface area contributed by atoms with Gasteiger partial charge in [0.15, 0.2) is 5.82 Å². The molecule has 0 amide bonds. The lowest BCUT2D eigenvalue weighted by molar-refractivity contribution is 0.649. The van der Waals surface area contributed by atoms with Crippen molar-refractivity contribution in [1.29, 1.82) is 0 Å². The molecule has 0 aliphatic carbocycles. The second-order valence-corrected chi connectivity index (χ2v) is 7.89. The average Bonchev–Trinajstić information content (AvgIpc) is 2.87. The number of rotatable bonds is 3. The monoisotopic (exact) mass is 437 g/mol. The van der Waals surface area contributed by atoms with Crippen LogP contribution in [0.5, 0.6) is 0 Å². The van der Waals surface area contributed by atoms with Gasteiger partial charge in [0.2, 0.25) is 5.96 Å². The van der Waals surface area contributed by atoms with Gasteiger partial charge in [0.05, 0.1) is 11.6 Å². The van der Waals surface area contributed by atoms with Crippen LogP contribution in [0.2, 0.25) is 0 Å². The fourth-order valence-electron chi connectivity index (χ4n) is 4.19. The fraction of sp³-hybridized carbons (Fsp3) is 0.115. The molecular formula is C26H23N5O2. The molecular weight excluding hydrogens is 414 g/mol. The molecule has 0 bridgehead atoms. The summed E-state index contributed by atoms with van der Waals surface area (Å²) in [6.07, 6.45) is 0. The maximum Gasteiger partial charge on any atom is 0.332 e. The smallest absolute Gasteiger partial charge is 0.326 e. The minimum absolute atomic E-state index is 0.350. The van der Waals surface area contributed by atoms with Crippen molar-refractivity contribution >= 4 is 23.2 Å². The summed E-state index contributed by atoms with van der Waals surface area (Å²) in [6, 6.07) is 28.8. The third kappa shape index (κ3) is 3.53. The van der Waals surface area contributed by atoms with Crippen LogP contribution in [-0.2, 0) is 14.1 Å². The van der Waals surface area contributed by atoms with E-state index in [0.717, 1.165) is 21.5 Å². The minimum Gasteiger partial charge on any atom is -0.326 e. The number of benzene rings is 3. The van der Waals surface area contributed by atoms with Crippen LogP contribution in [0.3, 0.4) is 0 Å². The lowest BCUT2D eigenvalue weighted by atomic mass is 9.96. The van der Waals surface area contributed by atoms with Gasteiger partial charge in [-0.05, 0) is 29.8 Å². The number of fused-ring (bicyclic) bond motifs is 1. The third-order valence-electron chi connectivity index (χ3n) is 5.82. The van der Waals surface area contributed by atoms with Crippen molar-refractivity contribution in [3.8, 4) is 0 Å². The lowest BCUT2D eigenvalue weighted by Crippen LogP contribution is -2.48. The van der Waals surface area contributed by atoms with Crippen LogP contribution in [0.4, 0.5) is 17.2 Å². The molecule has 1 unspecified atom stereocenters. The summed E-state index contributed by atoms with van der Waals surface area (Å²) in [7, 11) is 3.14. The van der Waals surface area contributed by atoms with Gasteiger partial charge in [0, 0.05) is 25.5 Å². The number of nitrogens with one attached hydrogen (secondary N) is 1. The van der Waals surface area contributed by atoms with E-state index in [2.05, 4.69) is 5.32 Å². The van der Waals surface area contributed by atoms with Gasteiger partial charge in [-0.1, -0.05) is 66.7 Å². The summed E-state index contributed by atoms with van der Waals surface area (Å²) < 4.78 is 2.57. The molecule has 3 aromatic carbocycles. The summed E-state index contributed by atoms with van der Waals surface area (Å²) in [5.41, 5.74) is 2.32. The van der Waals surface area contributed by atoms with Crippen LogP contribution in [0, 0.1) is 0 Å². The molecule has 2 heterocycles. The predicted octanol–water partition coefficient (Wildman–Crippen LogP) is 3.79. The van der Waals surface area contributed by atoms with E-state index < -0.39 is 11.7 Å². The summed E-state index contributed by atoms with van der Waals surface area (Å²) in [6.45, 7) is 0. The zero-order valence-electron chi connectivity index (χ0n) is 18.3. The molecule has 5 rings (SSSR count). The molecule has 0 radical (unpaired) electrons. The van der Waals surface area contributed by atoms with Crippen LogP contribution >= 0.6 is 0 Å². The van der Waals surface area contributed by atoms with Crippen molar-refractivity contribution in [2.45, 2.75) is 6.04 Å². The minimum atomic E-state index is -0.488. The second kappa shape index (κ2) is 8.27. The summed E-state index contributed by atoms with van der Waals surface area (Å²) in [4.78, 5) is 33.0. The van der Waals surface area contributed by atoms with Gasteiger partial charge in [0.25, 0.3) is 5.56 Å². The number of para-hydroxylation sites is 2. The van der Waals surface area contributed by atoms with Crippen LogP contribution in [-0.4, -0.2) is 15.1 Å². The summed E-state index contributed by atoms with van der Waals surface area (Å²) in [5.74, 6) is 0.875. The van der Waals surface area contributed by atoms with E-state index in [1.807, 2.05) is 95.9 Å². The van der Waals surface area contributed by atoms with E-state index in [4.69, 9.17) is 4.99 Å². The van der Waals surface area contributed by atoms with Crippen molar-refractivity contribution < 1.29 is 0 Å². The van der Waals surface area contributed by atoms with Crippen LogP contribution in [0.15, 0.2) is 106 Å². The van der Waals surface area contributed by atoms with Gasteiger partial charge >= 0.3 is 5.69 Å². The molecule has 1 atom stereocenters. The Kier molecular flexibility index (Phi) is 5.14. The first-order valence-corrected chi connectivity index (χ1v) is 10.7. The zero-order chi connectivity index (χ0) is 22.9. The number of aliphatic imine (C=N–C) groups is 1. The molecule has 164 valence electrons. The maximum atomic E-state index is 13.4. The number of hydrogen-bond acceptors (Lipinski definition) is 5. The van der Waals surface area contributed by atoms with Crippen molar-refractivity contribution in [2.75, 3.05) is 10.2 Å². The molecule has 4 aromatic rings. The Morgan fingerprint density at radius 1 is 0.758 bits per heavy atom. The van der Waals surface area contributed by atoms with E-state index in [1.165, 1.54) is 11.6 Å². The standard InChI is InChI=1S/C26H23N5O2/c1-29-23-21(24(32)30(2)26(29)33)22(18-12-6-3-7-13-18)31(20-16-10-5-11-17-20)25(28-23)27-19-14-8-4-9-15-19/h3-17,22H,1-2H3,(H,27,28). The lowest BCUT2D eigenvalue weighted by Gasteiger charge is -2.38. The Labute approximate surface area is 190 Å². The zero-order valence-corrected chi connectivity index (χ0v) is 18.3. The van der Waals surface area contributed by atoms with Gasteiger partial charge in [0.1, 0.15) is 0 Å². The normalized spacial score (nSPS) is 15.0. The van der Waals surface area contributed by atoms with Gasteiger partial charge in [-0.3, -0.25) is 13.9 Å². The predicted molar refractivity (Wildman–Crippen MR) is 131 cm³/mol. The van der Waals surface area contributed by atoms with Crippen molar-refractivity contribution in [2.24, 2.45) is 19.1 Å². The van der Waals surface area contributed by atoms with E-state index in [0.29, 0.717) is 17.3 Å². The molecule has 0 saturated heterocycles. The molecule has 7 heteroatoms. The largest absolute Gasteiger partial charge is 0.332 e. The maximum absolute atomic E-state index is 13.4. The molecule has 1 aliphatic rings. The molecule has 33 heavy (non-hydrogen) atoms. The number of nitrogens with zero attached hydrogens (tertiary/aromatic N) is 4. The first kappa shape index (κ1) is 20.5. The molecule has 1 aliphatic heterocycles. The van der Waals surface area contributed by atoms with Crippen LogP contribution in [0.25, 0.3) is 0 Å². The van der Waals surface area contributed by atoms with Crippen LogP contribution < -0.4 is 21.5 Å². The van der Waals surface area contributed by atoms with Crippen molar-refractivity contribution in [3.05, 3.63) is 123 Å². The Morgan fingerprint density at radius 3 is 1.97 bits per heavy atom. The number of anilines is 2. The molecule has 1 N–H and O–H groups in total. The van der Waals surface area contributed by atoms with Gasteiger partial charge in [-0.25, -0.2) is 4.79 Å². The highest BCUT2D eigenvalue weighted by molar-refractivity contribution is 6.08. The molecule has 0 saturated carbocycles. The highest BCUT2D eigenvalue weighted by Crippen LogP contribution is 2.39. The second-order valence-electron chi connectivity index (χ2n) is 7.89. The first-order chi connectivity index (χ1) is 16.1. The molecule has 7 nitrogen and oxygen atoms in total. The van der Waals surface area contributed by atoms with E-state index in [9.17, 15) is 9.59 Å². The molecule has 1 aromatic heterocycles. The Bertz CT molecular complexity index is 1440. The number of aromatic nitrogens is 2. The summed E-state index contributed by atoms with van der Waals surface area (Å²) >= 11 is 0. The van der Waals surface area contributed by atoms with E-state index in [-0.39, 0.29) is 5.56 Å². The first-order valence-electron chi connectivity index (χ1n) is 10.7. The van der Waals surface area contributed by atoms with Crippen LogP contribution in [0.1, 0.15) is 17.2 Å². The quantitative estimate of drug-likeness (QED) is 0.529. The van der Waals surface area contributed by atoms with Gasteiger partial charge < -0.3 is 10.2 Å². The third-order valence-corrected chi connectivity index (χ3v) is 5.82. The SMILES string of the molecule is Cn1c2c(c(=O)n(C)c1=O)C(c1ccccc1)N(c1ccccc1)C(Nc1ccccc1)=N2. The van der Waals surface area contributed by atoms with E-state index >= 15 is 0 Å².